The molecule has 2 rings (SSSR count). The van der Waals surface area contributed by atoms with Crippen molar-refractivity contribution in [2.75, 3.05) is 7.11 Å². The molecule has 2 aromatic heterocycles. The predicted molar refractivity (Wildman–Crippen MR) is 64.6 cm³/mol. The number of rotatable bonds is 3. The molecule has 2 aromatic rings. The van der Waals surface area contributed by atoms with Crippen LogP contribution in [0, 0.1) is 13.8 Å². The van der Waals surface area contributed by atoms with Crippen molar-refractivity contribution in [1.82, 2.24) is 24.3 Å². The van der Waals surface area contributed by atoms with Gasteiger partial charge in [-0.3, -0.25) is 9.36 Å². The molecule has 2 heterocycles. The number of hydrogen-bond donors (Lipinski definition) is 0. The summed E-state index contributed by atoms with van der Waals surface area (Å²) in [5, 5.41) is 7.97. The molecule has 18 heavy (non-hydrogen) atoms. The molecule has 0 unspecified atom stereocenters. The van der Waals surface area contributed by atoms with Crippen LogP contribution in [0.2, 0.25) is 0 Å². The smallest absolute Gasteiger partial charge is 0.299 e. The molecule has 7 heteroatoms. The molecule has 0 aliphatic rings. The van der Waals surface area contributed by atoms with Gasteiger partial charge in [-0.15, -0.1) is 10.2 Å². The Bertz CT molecular complexity index is 629. The highest BCUT2D eigenvalue weighted by atomic mass is 16.5. The first kappa shape index (κ1) is 12.3. The van der Waals surface area contributed by atoms with Gasteiger partial charge in [-0.1, -0.05) is 0 Å². The van der Waals surface area contributed by atoms with Crippen LogP contribution < -0.4 is 10.3 Å². The van der Waals surface area contributed by atoms with Gasteiger partial charge >= 0.3 is 0 Å². The van der Waals surface area contributed by atoms with Gasteiger partial charge in [0.15, 0.2) is 5.82 Å². The van der Waals surface area contributed by atoms with Gasteiger partial charge in [0.05, 0.1) is 13.7 Å². The maximum absolute atomic E-state index is 11.9. The Kier molecular flexibility index (Phi) is 3.14. The molecule has 96 valence electrons. The minimum atomic E-state index is -0.167. The van der Waals surface area contributed by atoms with Gasteiger partial charge in [-0.05, 0) is 13.8 Å². The van der Waals surface area contributed by atoms with Crippen LogP contribution in [0.5, 0.6) is 6.01 Å². The molecule has 0 atom stereocenters. The van der Waals surface area contributed by atoms with Crippen LogP contribution in [0.4, 0.5) is 0 Å². The fourth-order valence-corrected chi connectivity index (χ4v) is 1.63. The average molecular weight is 249 g/mol. The summed E-state index contributed by atoms with van der Waals surface area (Å²) in [4.78, 5) is 16.1. The summed E-state index contributed by atoms with van der Waals surface area (Å²) in [6, 6.07) is 1.74. The Morgan fingerprint density at radius 3 is 2.61 bits per heavy atom. The number of methoxy groups -OCH3 is 1. The third kappa shape index (κ3) is 2.11. The Balaban J connectivity index is 2.46. The molecule has 0 N–H and O–H groups in total. The van der Waals surface area contributed by atoms with Gasteiger partial charge in [0.25, 0.3) is 11.6 Å². The summed E-state index contributed by atoms with van der Waals surface area (Å²) in [5.41, 5.74) is 0.460. The average Bonchev–Trinajstić information content (AvgIpc) is 2.63. The molecule has 0 saturated carbocycles. The van der Waals surface area contributed by atoms with Crippen molar-refractivity contribution in [3.8, 4) is 6.01 Å². The molecule has 7 nitrogen and oxygen atoms in total. The van der Waals surface area contributed by atoms with Crippen molar-refractivity contribution < 1.29 is 4.74 Å². The van der Waals surface area contributed by atoms with Crippen LogP contribution in [-0.4, -0.2) is 31.4 Å². The highest BCUT2D eigenvalue weighted by Gasteiger charge is 2.12. The topological polar surface area (TPSA) is 74.8 Å². The van der Waals surface area contributed by atoms with Gasteiger partial charge in [0, 0.05) is 18.8 Å². The summed E-state index contributed by atoms with van der Waals surface area (Å²) < 4.78 is 8.37. The molecule has 0 spiro atoms. The fraction of sp³-hybridized carbons (Fsp3) is 0.455. The summed E-state index contributed by atoms with van der Waals surface area (Å²) in [7, 11) is 3.34. The Morgan fingerprint density at radius 1 is 1.33 bits per heavy atom. The monoisotopic (exact) mass is 249 g/mol. The van der Waals surface area contributed by atoms with E-state index in [9.17, 15) is 4.79 Å². The van der Waals surface area contributed by atoms with E-state index >= 15 is 0 Å². The van der Waals surface area contributed by atoms with E-state index in [-0.39, 0.29) is 18.1 Å². The summed E-state index contributed by atoms with van der Waals surface area (Å²) in [6.45, 7) is 3.89. The summed E-state index contributed by atoms with van der Waals surface area (Å²) in [6.07, 6.45) is 0. The lowest BCUT2D eigenvalue weighted by Crippen LogP contribution is -2.24. The molecule has 0 fully saturated rings. The first-order valence-corrected chi connectivity index (χ1v) is 5.50. The third-order valence-corrected chi connectivity index (χ3v) is 2.77. The molecule has 0 aliphatic heterocycles. The zero-order valence-corrected chi connectivity index (χ0v) is 10.8. The van der Waals surface area contributed by atoms with Crippen molar-refractivity contribution in [1.29, 1.82) is 0 Å². The van der Waals surface area contributed by atoms with Crippen LogP contribution >= 0.6 is 0 Å². The molecule has 0 bridgehead atoms. The van der Waals surface area contributed by atoms with E-state index in [1.807, 2.05) is 18.5 Å². The van der Waals surface area contributed by atoms with Crippen LogP contribution in [0.3, 0.4) is 0 Å². The lowest BCUT2D eigenvalue weighted by Gasteiger charge is -2.10. The first-order valence-electron chi connectivity index (χ1n) is 5.50. The van der Waals surface area contributed by atoms with E-state index < -0.39 is 0 Å². The third-order valence-electron chi connectivity index (χ3n) is 2.77. The van der Waals surface area contributed by atoms with E-state index in [4.69, 9.17) is 4.74 Å². The van der Waals surface area contributed by atoms with Crippen molar-refractivity contribution in [2.45, 2.75) is 20.4 Å². The van der Waals surface area contributed by atoms with Crippen LogP contribution in [-0.2, 0) is 13.6 Å². The zero-order chi connectivity index (χ0) is 13.3. The number of hydrogen-bond acceptors (Lipinski definition) is 5. The minimum Gasteiger partial charge on any atom is -0.468 e. The van der Waals surface area contributed by atoms with Crippen molar-refractivity contribution in [3.05, 3.63) is 33.8 Å². The van der Waals surface area contributed by atoms with Crippen LogP contribution in [0.25, 0.3) is 0 Å². The maximum atomic E-state index is 11.9. The number of aryl methyl sites for hydroxylation is 2. The highest BCUT2D eigenvalue weighted by Crippen LogP contribution is 2.07. The van der Waals surface area contributed by atoms with Crippen LogP contribution in [0.15, 0.2) is 10.9 Å². The normalized spacial score (nSPS) is 10.7. The second kappa shape index (κ2) is 4.59. The largest absolute Gasteiger partial charge is 0.468 e. The van der Waals surface area contributed by atoms with Crippen molar-refractivity contribution >= 4 is 0 Å². The number of nitrogens with zero attached hydrogens (tertiary/aromatic N) is 5. The van der Waals surface area contributed by atoms with Crippen molar-refractivity contribution in [2.24, 2.45) is 7.05 Å². The summed E-state index contributed by atoms with van der Waals surface area (Å²) >= 11 is 0. The van der Waals surface area contributed by atoms with Gasteiger partial charge in [-0.2, -0.15) is 0 Å². The minimum absolute atomic E-state index is 0.167. The van der Waals surface area contributed by atoms with E-state index in [0.717, 1.165) is 5.82 Å². The Morgan fingerprint density at radius 2 is 2.06 bits per heavy atom. The van der Waals surface area contributed by atoms with E-state index in [2.05, 4.69) is 15.2 Å². The highest BCUT2D eigenvalue weighted by molar-refractivity contribution is 5.08. The van der Waals surface area contributed by atoms with Gasteiger partial charge < -0.3 is 9.30 Å². The second-order valence-electron chi connectivity index (χ2n) is 4.03. The predicted octanol–water partition coefficient (Wildman–Crippen LogP) is 0.0455. The molecular weight excluding hydrogens is 234 g/mol. The molecule has 0 amide bonds. The lowest BCUT2D eigenvalue weighted by molar-refractivity contribution is 0.347. The Labute approximate surface area is 104 Å². The molecule has 0 saturated heterocycles. The first-order chi connectivity index (χ1) is 8.52. The number of ether oxygens (including phenoxy) is 1. The van der Waals surface area contributed by atoms with Gasteiger partial charge in [-0.25, -0.2) is 4.98 Å². The number of aromatic nitrogens is 5. The lowest BCUT2D eigenvalue weighted by atomic mass is 10.4. The van der Waals surface area contributed by atoms with Crippen LogP contribution in [0.1, 0.15) is 17.3 Å². The SMILES string of the molecule is COc1nc(C)cc(=O)n1Cc1nnc(C)n1C. The van der Waals surface area contributed by atoms with E-state index in [1.165, 1.54) is 17.7 Å². The van der Waals surface area contributed by atoms with Crippen molar-refractivity contribution in [3.63, 3.8) is 0 Å². The van der Waals surface area contributed by atoms with Gasteiger partial charge in [0.2, 0.25) is 0 Å². The quantitative estimate of drug-likeness (QED) is 0.768. The molecule has 0 aromatic carbocycles. The zero-order valence-electron chi connectivity index (χ0n) is 10.8. The molecule has 0 aliphatic carbocycles. The van der Waals surface area contributed by atoms with E-state index in [1.54, 1.807) is 6.92 Å². The second-order valence-corrected chi connectivity index (χ2v) is 4.03. The Hall–Kier alpha value is -2.18. The fourth-order valence-electron chi connectivity index (χ4n) is 1.63. The summed E-state index contributed by atoms with van der Waals surface area (Å²) in [5.74, 6) is 1.47. The molecular formula is C11H15N5O2. The standard InChI is InChI=1S/C11H15N5O2/c1-7-5-10(17)16(11(12-7)18-4)6-9-14-13-8(2)15(9)3/h5H,6H2,1-4H3. The molecule has 0 radical (unpaired) electrons. The van der Waals surface area contributed by atoms with E-state index in [0.29, 0.717) is 11.5 Å². The van der Waals surface area contributed by atoms with Gasteiger partial charge in [0.1, 0.15) is 5.82 Å². The maximum Gasteiger partial charge on any atom is 0.299 e.